The van der Waals surface area contributed by atoms with E-state index in [4.69, 9.17) is 0 Å². The molecule has 3 rings (SSSR count). The summed E-state index contributed by atoms with van der Waals surface area (Å²) in [6.45, 7) is 4.48. The molecule has 0 heterocycles. The molecule has 1 atom stereocenters. The second kappa shape index (κ2) is 12.0. The number of nitrogens with zero attached hydrogens (tertiary/aromatic N) is 3. The minimum Gasteiger partial charge on any atom is -0.352 e. The number of amides is 2. The summed E-state index contributed by atoms with van der Waals surface area (Å²) in [6.07, 6.45) is 3.82. The summed E-state index contributed by atoms with van der Waals surface area (Å²) in [7, 11) is -1.27. The Morgan fingerprint density at radius 1 is 1.08 bits per heavy atom. The van der Waals surface area contributed by atoms with Crippen LogP contribution in [0.15, 0.2) is 42.5 Å². The van der Waals surface area contributed by atoms with Crippen LogP contribution >= 0.6 is 0 Å². The quantitative estimate of drug-likeness (QED) is 0.507. The molecule has 2 aromatic carbocycles. The van der Waals surface area contributed by atoms with Gasteiger partial charge in [-0.15, -0.1) is 0 Å². The molecular weight excluding hydrogens is 495 g/mol. The zero-order valence-corrected chi connectivity index (χ0v) is 23.0. The number of carbonyl (C=O) groups is 2. The first-order chi connectivity index (χ1) is 17.4. The summed E-state index contributed by atoms with van der Waals surface area (Å²) in [4.78, 5) is 28.2. The lowest BCUT2D eigenvalue weighted by Gasteiger charge is -2.33. The lowest BCUT2D eigenvalue weighted by atomic mass is 10.1. The van der Waals surface area contributed by atoms with Gasteiger partial charge in [-0.1, -0.05) is 43.2 Å². The predicted octanol–water partition coefficient (Wildman–Crippen LogP) is 3.53. The van der Waals surface area contributed by atoms with E-state index in [2.05, 4.69) is 5.32 Å². The molecule has 1 fully saturated rings. The summed E-state index contributed by atoms with van der Waals surface area (Å²) < 4.78 is 43.3. The first kappa shape index (κ1) is 28.6. The fourth-order valence-electron chi connectivity index (χ4n) is 4.47. The van der Waals surface area contributed by atoms with Gasteiger partial charge in [0.2, 0.25) is 11.8 Å². The van der Waals surface area contributed by atoms with Crippen molar-refractivity contribution < 1.29 is 22.4 Å². The van der Waals surface area contributed by atoms with E-state index in [9.17, 15) is 22.4 Å². The van der Waals surface area contributed by atoms with Crippen molar-refractivity contribution in [3.63, 3.8) is 0 Å². The van der Waals surface area contributed by atoms with Gasteiger partial charge < -0.3 is 10.2 Å². The van der Waals surface area contributed by atoms with Gasteiger partial charge in [-0.25, -0.2) is 8.70 Å². The molecule has 2 amide bonds. The van der Waals surface area contributed by atoms with E-state index in [1.807, 2.05) is 13.0 Å². The van der Waals surface area contributed by atoms with Crippen LogP contribution in [0.2, 0.25) is 0 Å². The predicted molar refractivity (Wildman–Crippen MR) is 143 cm³/mol. The highest BCUT2D eigenvalue weighted by molar-refractivity contribution is 7.90. The van der Waals surface area contributed by atoms with Crippen LogP contribution in [0, 0.1) is 19.7 Å². The molecule has 0 bridgehead atoms. The van der Waals surface area contributed by atoms with E-state index >= 15 is 0 Å². The first-order valence-electron chi connectivity index (χ1n) is 12.5. The van der Waals surface area contributed by atoms with Gasteiger partial charge in [0.15, 0.2) is 0 Å². The molecule has 0 saturated heterocycles. The maximum atomic E-state index is 14.6. The molecule has 0 aliphatic heterocycles. The highest BCUT2D eigenvalue weighted by Gasteiger charge is 2.34. The van der Waals surface area contributed by atoms with Gasteiger partial charge >= 0.3 is 10.2 Å². The van der Waals surface area contributed by atoms with Gasteiger partial charge in [0.05, 0.1) is 5.69 Å². The first-order valence-corrected chi connectivity index (χ1v) is 13.9. The van der Waals surface area contributed by atoms with Crippen molar-refractivity contribution in [3.8, 4) is 0 Å². The van der Waals surface area contributed by atoms with Gasteiger partial charge in [-0.2, -0.15) is 12.7 Å². The van der Waals surface area contributed by atoms with Crippen molar-refractivity contribution in [1.82, 2.24) is 14.5 Å². The number of halogens is 1. The Labute approximate surface area is 219 Å². The monoisotopic (exact) mass is 532 g/mol. The molecule has 0 aromatic heterocycles. The largest absolute Gasteiger partial charge is 0.352 e. The Balaban J connectivity index is 1.97. The second-order valence-corrected chi connectivity index (χ2v) is 11.9. The zero-order chi connectivity index (χ0) is 27.3. The fraction of sp³-hybridized carbons (Fsp3) is 0.481. The van der Waals surface area contributed by atoms with Crippen LogP contribution in [0.3, 0.4) is 0 Å². The highest BCUT2D eigenvalue weighted by atomic mass is 32.2. The summed E-state index contributed by atoms with van der Waals surface area (Å²) in [5.41, 5.74) is 2.12. The maximum absolute atomic E-state index is 14.6. The van der Waals surface area contributed by atoms with Crippen LogP contribution in [-0.2, 0) is 26.3 Å². The van der Waals surface area contributed by atoms with Crippen molar-refractivity contribution in [1.29, 1.82) is 0 Å². The van der Waals surface area contributed by atoms with Crippen molar-refractivity contribution in [2.75, 3.05) is 24.9 Å². The second-order valence-electron chi connectivity index (χ2n) is 9.87. The SMILES string of the molecule is Cc1ccc(C)c(N(CC(=O)N(Cc2ccccc2F)[C@@H](C)C(=O)NC2CCCC2)S(=O)(=O)N(C)C)c1. The highest BCUT2D eigenvalue weighted by Crippen LogP contribution is 2.26. The number of carbonyl (C=O) groups excluding carboxylic acids is 2. The lowest BCUT2D eigenvalue weighted by molar-refractivity contribution is -0.139. The van der Waals surface area contributed by atoms with Crippen molar-refractivity contribution >= 4 is 27.7 Å². The molecule has 1 aliphatic carbocycles. The van der Waals surface area contributed by atoms with E-state index in [0.717, 1.165) is 39.9 Å². The molecule has 202 valence electrons. The molecule has 8 nitrogen and oxygen atoms in total. The number of hydrogen-bond acceptors (Lipinski definition) is 4. The molecule has 0 spiro atoms. The Morgan fingerprint density at radius 3 is 2.35 bits per heavy atom. The number of rotatable bonds is 10. The smallest absolute Gasteiger partial charge is 0.304 e. The zero-order valence-electron chi connectivity index (χ0n) is 22.2. The number of hydrogen-bond donors (Lipinski definition) is 1. The van der Waals surface area contributed by atoms with Crippen LogP contribution in [0.5, 0.6) is 0 Å². The van der Waals surface area contributed by atoms with Crippen molar-refractivity contribution in [2.24, 2.45) is 0 Å². The van der Waals surface area contributed by atoms with Crippen LogP contribution in [0.1, 0.15) is 49.3 Å². The van der Waals surface area contributed by atoms with E-state index in [0.29, 0.717) is 11.3 Å². The van der Waals surface area contributed by atoms with Gasteiger partial charge in [-0.3, -0.25) is 9.59 Å². The fourth-order valence-corrected chi connectivity index (χ4v) is 5.59. The maximum Gasteiger partial charge on any atom is 0.304 e. The minimum atomic E-state index is -4.06. The topological polar surface area (TPSA) is 90.0 Å². The molecule has 1 N–H and O–H groups in total. The third-order valence-corrected chi connectivity index (χ3v) is 8.63. The number of aryl methyl sites for hydroxylation is 2. The average molecular weight is 533 g/mol. The average Bonchev–Trinajstić information content (AvgIpc) is 3.36. The summed E-state index contributed by atoms with van der Waals surface area (Å²) in [6, 6.07) is 10.5. The van der Waals surface area contributed by atoms with Crippen molar-refractivity contribution in [2.45, 2.75) is 65.1 Å². The Kier molecular flexibility index (Phi) is 9.31. The van der Waals surface area contributed by atoms with Gasteiger partial charge in [0.1, 0.15) is 18.4 Å². The summed E-state index contributed by atoms with van der Waals surface area (Å²) >= 11 is 0. The van der Waals surface area contributed by atoms with E-state index in [1.165, 1.54) is 25.1 Å². The van der Waals surface area contributed by atoms with Crippen LogP contribution in [0.4, 0.5) is 10.1 Å². The summed E-state index contributed by atoms with van der Waals surface area (Å²) in [5, 5.41) is 3.00. The van der Waals surface area contributed by atoms with Gasteiger partial charge in [0, 0.05) is 32.2 Å². The van der Waals surface area contributed by atoms with E-state index in [-0.39, 0.29) is 24.1 Å². The van der Waals surface area contributed by atoms with Crippen molar-refractivity contribution in [3.05, 3.63) is 65.0 Å². The van der Waals surface area contributed by atoms with E-state index < -0.39 is 34.5 Å². The summed E-state index contributed by atoms with van der Waals surface area (Å²) in [5.74, 6) is -1.45. The number of anilines is 1. The third-order valence-electron chi connectivity index (χ3n) is 6.82. The van der Waals surface area contributed by atoms with Crippen LogP contribution in [0.25, 0.3) is 0 Å². The Hall–Kier alpha value is -2.98. The molecule has 1 saturated carbocycles. The molecule has 2 aromatic rings. The van der Waals surface area contributed by atoms with Crippen LogP contribution in [-0.4, -0.2) is 62.2 Å². The standard InChI is InChI=1S/C27H37FN4O4S/c1-19-14-15-20(2)25(16-19)32(37(35,36)30(4)5)18-26(33)31(17-22-10-6-9-13-24(22)28)21(3)27(34)29-23-11-7-8-12-23/h6,9-10,13-16,21,23H,7-8,11-12,17-18H2,1-5H3,(H,29,34)/t21-/m0/s1. The van der Waals surface area contributed by atoms with Gasteiger partial charge in [-0.05, 0) is 56.9 Å². The number of nitrogens with one attached hydrogen (secondary N) is 1. The van der Waals surface area contributed by atoms with E-state index in [1.54, 1.807) is 44.2 Å². The molecular formula is C27H37FN4O4S. The number of benzene rings is 2. The third kappa shape index (κ3) is 6.87. The molecule has 0 radical (unpaired) electrons. The molecule has 1 aliphatic rings. The Bertz CT molecular complexity index is 1230. The lowest BCUT2D eigenvalue weighted by Crippen LogP contribution is -2.53. The Morgan fingerprint density at radius 2 is 1.73 bits per heavy atom. The van der Waals surface area contributed by atoms with Crippen LogP contribution < -0.4 is 9.62 Å². The molecule has 10 heteroatoms. The molecule has 37 heavy (non-hydrogen) atoms. The normalized spacial score (nSPS) is 15.0. The van der Waals surface area contributed by atoms with Gasteiger partial charge in [0.25, 0.3) is 0 Å². The minimum absolute atomic E-state index is 0.0425. The molecule has 0 unspecified atom stereocenters.